The summed E-state index contributed by atoms with van der Waals surface area (Å²) in [4.78, 5) is 69.1. The second kappa shape index (κ2) is 19.6. The van der Waals surface area contributed by atoms with E-state index in [4.69, 9.17) is 14.8 Å². The molecule has 2 saturated carbocycles. The third-order valence-electron chi connectivity index (χ3n) is 12.2. The molecule has 1 unspecified atom stereocenters. The van der Waals surface area contributed by atoms with Crippen LogP contribution >= 0.6 is 11.3 Å². The van der Waals surface area contributed by atoms with Gasteiger partial charge in [-0.15, -0.1) is 0 Å². The van der Waals surface area contributed by atoms with Crippen molar-refractivity contribution in [2.75, 3.05) is 20.1 Å². The molecule has 3 fully saturated rings. The predicted molar refractivity (Wildman–Crippen MR) is 222 cm³/mol. The minimum atomic E-state index is -0.558. The Morgan fingerprint density at radius 2 is 1.77 bits per heavy atom. The first-order chi connectivity index (χ1) is 29.2. The van der Waals surface area contributed by atoms with Gasteiger partial charge in [-0.25, -0.2) is 0 Å². The summed E-state index contributed by atoms with van der Waals surface area (Å²) in [5.41, 5.74) is 7.59. The zero-order valence-electron chi connectivity index (χ0n) is 34.1. The van der Waals surface area contributed by atoms with Crippen molar-refractivity contribution in [3.05, 3.63) is 103 Å². The Labute approximate surface area is 365 Å². The van der Waals surface area contributed by atoms with Crippen molar-refractivity contribution in [2.45, 2.75) is 106 Å². The maximum absolute atomic E-state index is 14.2. The summed E-state index contributed by atoms with van der Waals surface area (Å²) in [5.74, 6) is -0.115. The first-order valence-corrected chi connectivity index (χ1v) is 24.4. The zero-order chi connectivity index (χ0) is 41.6. The van der Waals surface area contributed by atoms with Gasteiger partial charge >= 0.3 is 264 Å². The van der Waals surface area contributed by atoms with Crippen molar-refractivity contribution in [3.8, 4) is 11.5 Å². The number of aromatic nitrogens is 3. The summed E-state index contributed by atoms with van der Waals surface area (Å²) in [5, 5.41) is 12.7. The van der Waals surface area contributed by atoms with Gasteiger partial charge in [-0.3, -0.25) is 9.78 Å². The van der Waals surface area contributed by atoms with Crippen LogP contribution < -0.4 is 42.2 Å². The van der Waals surface area contributed by atoms with E-state index in [2.05, 4.69) is 38.1 Å². The molecular weight excluding hydrogens is 894 g/mol. The Bertz CT molecular complexity index is 2180. The van der Waals surface area contributed by atoms with Gasteiger partial charge in [0, 0.05) is 18.0 Å². The van der Waals surface area contributed by atoms with E-state index in [1.807, 2.05) is 35.5 Å². The average molecular weight is 947 g/mol. The Balaban J connectivity index is 0.840. The fourth-order valence-electron chi connectivity index (χ4n) is 8.73. The van der Waals surface area contributed by atoms with Gasteiger partial charge in [0.1, 0.15) is 0 Å². The third-order valence-corrected chi connectivity index (χ3v) is 16.7. The van der Waals surface area contributed by atoms with E-state index in [-0.39, 0.29) is 62.4 Å². The van der Waals surface area contributed by atoms with Crippen LogP contribution in [0.5, 0.6) is 0 Å². The standard InChI is InChI=1S/C44H53IN9O5S/c1-27(46-2)40(56)52-38(28-8-4-3-5-9-28)44(58)53-21-7-12-37(53)43-51-36(26-60-43)39(55)30-10-6-11-32(22-30)45-31-13-15-34(16-14-31)54-24-33(23-48-54)49-41(57)35-25-59-42(50-35)29-17-19-47-20-18-29/h6,10-11,17-20,22,24-28,31,34,37-38,46,54H,3-5,7-9,12-16,21,23H2,1-2H3,(H,49,57)(H,52,56)/q-1/t27-,31?,34?,37-,38-/m0/s1. The van der Waals surface area contributed by atoms with Gasteiger partial charge in [0.25, 0.3) is 0 Å². The van der Waals surface area contributed by atoms with Crippen LogP contribution in [0.2, 0.25) is 0 Å². The molecule has 14 nitrogen and oxygen atoms in total. The number of hydrogen-bond donors (Lipinski definition) is 4. The molecule has 4 aromatic rings. The van der Waals surface area contributed by atoms with Crippen LogP contribution in [0.4, 0.5) is 0 Å². The van der Waals surface area contributed by atoms with Gasteiger partial charge < -0.3 is 5.32 Å². The van der Waals surface area contributed by atoms with Crippen molar-refractivity contribution in [1.29, 1.82) is 0 Å². The summed E-state index contributed by atoms with van der Waals surface area (Å²) >= 11 is 1.12. The van der Waals surface area contributed by atoms with Crippen LogP contribution in [0.15, 0.2) is 76.7 Å². The monoisotopic (exact) mass is 946 g/mol. The number of alkyl halides is 1. The number of hydrogen-bond acceptors (Lipinski definition) is 10. The van der Waals surface area contributed by atoms with Gasteiger partial charge in [0.2, 0.25) is 5.91 Å². The Kier molecular flexibility index (Phi) is 13.8. The molecule has 60 heavy (non-hydrogen) atoms. The number of amides is 3. The number of likely N-dealkylation sites (tertiary alicyclic amines) is 1. The normalized spacial score (nSPS) is 23.2. The fourth-order valence-corrected chi connectivity index (χ4v) is 13.0. The molecule has 1 aromatic carbocycles. The summed E-state index contributed by atoms with van der Waals surface area (Å²) in [6, 6.07) is 10.8. The van der Waals surface area contributed by atoms with Crippen LogP contribution in [0.3, 0.4) is 0 Å². The van der Waals surface area contributed by atoms with E-state index in [9.17, 15) is 19.2 Å². The van der Waals surface area contributed by atoms with Crippen LogP contribution in [0, 0.1) is 9.49 Å². The van der Waals surface area contributed by atoms with Crippen molar-refractivity contribution in [2.24, 2.45) is 5.92 Å². The molecule has 4 aliphatic rings. The number of ketones is 1. The number of pyridine rings is 1. The average Bonchev–Trinajstić information content (AvgIpc) is 4.14. The van der Waals surface area contributed by atoms with Crippen molar-refractivity contribution in [1.82, 2.24) is 35.8 Å². The van der Waals surface area contributed by atoms with Gasteiger partial charge in [-0.05, 0) is 38.9 Å². The molecular formula is C44H53IN9O5S-. The topological polar surface area (TPSA) is 178 Å². The zero-order valence-corrected chi connectivity index (χ0v) is 37.0. The second-order valence-electron chi connectivity index (χ2n) is 16.2. The maximum atomic E-state index is 14.2. The number of carbonyl (C=O) groups is 4. The van der Waals surface area contributed by atoms with Crippen LogP contribution in [-0.2, 0) is 9.59 Å². The molecule has 1 saturated heterocycles. The third kappa shape index (κ3) is 9.88. The van der Waals surface area contributed by atoms with E-state index >= 15 is 0 Å². The number of oxazole rings is 1. The number of nitrogens with zero attached hydrogens (tertiary/aromatic N) is 5. The molecule has 3 aromatic heterocycles. The van der Waals surface area contributed by atoms with E-state index in [1.165, 1.54) is 21.2 Å². The molecule has 4 N–H and O–H groups in total. The Morgan fingerprint density at radius 3 is 2.55 bits per heavy atom. The molecule has 3 amide bonds. The number of likely N-dealkylation sites (N-methyl/N-ethyl adjacent to an activating group) is 1. The second-order valence-corrected chi connectivity index (χ2v) is 20.7. The van der Waals surface area contributed by atoms with Crippen LogP contribution in [0.25, 0.3) is 16.9 Å². The summed E-state index contributed by atoms with van der Waals surface area (Å²) in [7, 11) is 1.75. The summed E-state index contributed by atoms with van der Waals surface area (Å²) in [6.45, 7) is 2.87. The number of thiazole rings is 1. The van der Waals surface area contributed by atoms with Crippen molar-refractivity contribution in [3.63, 3.8) is 0 Å². The molecule has 5 heterocycles. The molecule has 0 spiro atoms. The number of nitrogens with one attached hydrogen (secondary N) is 4. The SMILES string of the molecule is CN[C@@H](C)C(=O)N[C@H](C(=O)N1CCC[C@H]1c1nc(C(=O)c2cccc([I-]C3CCC([NH+]4C=C(NC(=O)c5coc(-c6ccncc6)n5)C[N-]4)CC3)c2)cs1)C1CCCCC1. The Hall–Kier alpha value is -4.36. The van der Waals surface area contributed by atoms with Crippen LogP contribution in [0.1, 0.15) is 115 Å². The van der Waals surface area contributed by atoms with E-state index in [0.717, 1.165) is 91.9 Å². The van der Waals surface area contributed by atoms with Gasteiger partial charge in [-0.2, -0.15) is 0 Å². The molecule has 0 bridgehead atoms. The van der Waals surface area contributed by atoms with E-state index < -0.39 is 12.1 Å². The number of benzene rings is 1. The van der Waals surface area contributed by atoms with Crippen molar-refractivity contribution >= 4 is 34.8 Å². The number of quaternary nitrogens is 1. The smallest absolute Gasteiger partial charge is 0.0533 e. The van der Waals surface area contributed by atoms with Crippen LogP contribution in [-0.4, -0.2) is 85.5 Å². The minimum absolute atomic E-state index is 0.0311. The quantitative estimate of drug-likeness (QED) is 0.0835. The molecule has 16 heteroatoms. The molecule has 8 rings (SSSR count). The fraction of sp³-hybridized carbons (Fsp3) is 0.477. The number of carbonyl (C=O) groups excluding carboxylic acids is 4. The number of rotatable bonds is 14. The van der Waals surface area contributed by atoms with Gasteiger partial charge in [0.15, 0.2) is 0 Å². The van der Waals surface area contributed by atoms with E-state index in [1.54, 1.807) is 31.6 Å². The predicted octanol–water partition coefficient (Wildman–Crippen LogP) is 1.79. The minimum Gasteiger partial charge on any atom is -0.0533 e. The van der Waals surface area contributed by atoms with E-state index in [0.29, 0.717) is 40.2 Å². The van der Waals surface area contributed by atoms with Crippen molar-refractivity contribution < 1.29 is 49.8 Å². The first-order valence-electron chi connectivity index (χ1n) is 21.2. The summed E-state index contributed by atoms with van der Waals surface area (Å²) in [6.07, 6.45) is 17.8. The molecule has 2 aliphatic heterocycles. The van der Waals surface area contributed by atoms with Gasteiger partial charge in [-0.1, -0.05) is 19.3 Å². The summed E-state index contributed by atoms with van der Waals surface area (Å²) < 4.78 is 7.38. The molecule has 318 valence electrons. The molecule has 4 atom stereocenters. The first kappa shape index (κ1) is 42.3. The molecule has 2 aliphatic carbocycles. The molecule has 0 radical (unpaired) electrons. The Morgan fingerprint density at radius 1 is 0.967 bits per heavy atom. The van der Waals surface area contributed by atoms with Gasteiger partial charge in [0.05, 0.1) is 6.04 Å². The number of halogens is 1.